The number of hydrogen-bond donors (Lipinski definition) is 3. The minimum absolute atomic E-state index is 0.0208. The lowest BCUT2D eigenvalue weighted by atomic mass is 10.2. The van der Waals surface area contributed by atoms with E-state index in [1.807, 2.05) is 50.6 Å². The fraction of sp³-hybridized carbons (Fsp3) is 0.548. The Morgan fingerprint density at radius 3 is 1.56 bits per heavy atom. The maximum Gasteiger partial charge on any atom is 0.223 e. The quantitative estimate of drug-likeness (QED) is 0.190. The molecule has 0 saturated carbocycles. The first kappa shape index (κ1) is 35.8. The summed E-state index contributed by atoms with van der Waals surface area (Å²) in [6.45, 7) is 12.2. The van der Waals surface area contributed by atoms with Gasteiger partial charge in [-0.1, -0.05) is 73.5 Å². The minimum Gasteiger partial charge on any atom is -0.353 e. The molecular formula is C31H48N2O2S4. The Hall–Kier alpha value is -1.22. The lowest BCUT2D eigenvalue weighted by Crippen LogP contribution is -2.38. The first-order chi connectivity index (χ1) is 18.5. The van der Waals surface area contributed by atoms with Gasteiger partial charge in [0.05, 0.1) is 0 Å². The van der Waals surface area contributed by atoms with Crippen LogP contribution in [0.4, 0.5) is 0 Å². The van der Waals surface area contributed by atoms with Crippen LogP contribution in [0.15, 0.2) is 48.5 Å². The van der Waals surface area contributed by atoms with Gasteiger partial charge < -0.3 is 10.6 Å². The molecule has 39 heavy (non-hydrogen) atoms. The number of rotatable bonds is 15. The van der Waals surface area contributed by atoms with Gasteiger partial charge >= 0.3 is 0 Å². The number of thioether (sulfide) groups is 3. The summed E-state index contributed by atoms with van der Waals surface area (Å²) in [4.78, 5) is 23.6. The molecule has 0 bridgehead atoms. The summed E-state index contributed by atoms with van der Waals surface area (Å²) < 4.78 is 0. The number of benzene rings is 2. The predicted molar refractivity (Wildman–Crippen MR) is 180 cm³/mol. The SMILES string of the molecule is CSCC(C)C(=O)NC(C)CSCc1cccc(C)c1.Cc1cccc(CSCC(C)NC(=O)C(C)CS)c1. The van der Waals surface area contributed by atoms with E-state index in [0.29, 0.717) is 5.75 Å². The molecule has 0 spiro atoms. The van der Waals surface area contributed by atoms with Crippen LogP contribution in [0.1, 0.15) is 49.9 Å². The standard InChI is InChI=1S/C16H25NOS2.C15H23NOS2/c1-12-6-5-7-15(8-12)11-20-10-14(3)17-16(18)13(2)9-19-4;1-11-5-4-6-14(7-11)10-19-9-13(3)16-15(17)12(2)8-18/h5-8,13-14H,9-11H2,1-4H3,(H,17,18);4-7,12-13,18H,8-10H2,1-3H3,(H,16,17). The van der Waals surface area contributed by atoms with Gasteiger partial charge in [0.25, 0.3) is 0 Å². The first-order valence-corrected chi connectivity index (χ1v) is 17.9. The van der Waals surface area contributed by atoms with Crippen molar-refractivity contribution >= 4 is 59.7 Å². The summed E-state index contributed by atoms with van der Waals surface area (Å²) in [5, 5.41) is 6.11. The molecule has 2 aromatic rings. The van der Waals surface area contributed by atoms with Crippen molar-refractivity contribution in [2.75, 3.05) is 29.3 Å². The Morgan fingerprint density at radius 2 is 1.18 bits per heavy atom. The lowest BCUT2D eigenvalue weighted by molar-refractivity contribution is -0.125. The fourth-order valence-corrected chi connectivity index (χ4v) is 6.33. The molecule has 0 aliphatic carbocycles. The topological polar surface area (TPSA) is 58.2 Å². The van der Waals surface area contributed by atoms with Gasteiger partial charge in [0, 0.05) is 58.4 Å². The normalized spacial score (nSPS) is 13.8. The van der Waals surface area contributed by atoms with Crippen molar-refractivity contribution in [2.24, 2.45) is 11.8 Å². The largest absolute Gasteiger partial charge is 0.353 e. The summed E-state index contributed by atoms with van der Waals surface area (Å²) >= 11 is 9.58. The van der Waals surface area contributed by atoms with Crippen molar-refractivity contribution in [3.63, 3.8) is 0 Å². The molecule has 218 valence electrons. The van der Waals surface area contributed by atoms with Crippen molar-refractivity contribution in [3.8, 4) is 0 Å². The molecule has 4 unspecified atom stereocenters. The minimum atomic E-state index is -0.0208. The highest BCUT2D eigenvalue weighted by Crippen LogP contribution is 2.16. The molecule has 2 N–H and O–H groups in total. The third-order valence-electron chi connectivity index (χ3n) is 5.80. The van der Waals surface area contributed by atoms with Gasteiger partial charge in [0.2, 0.25) is 11.8 Å². The van der Waals surface area contributed by atoms with Gasteiger partial charge in [-0.05, 0) is 45.1 Å². The van der Waals surface area contributed by atoms with Gasteiger partial charge in [-0.15, -0.1) is 0 Å². The second-order valence-corrected chi connectivity index (χ2v) is 13.6. The van der Waals surface area contributed by atoms with E-state index in [-0.39, 0.29) is 35.7 Å². The summed E-state index contributed by atoms with van der Waals surface area (Å²) in [6.07, 6.45) is 2.03. The maximum absolute atomic E-state index is 11.9. The molecule has 0 heterocycles. The van der Waals surface area contributed by atoms with Gasteiger partial charge in [0.1, 0.15) is 0 Å². The van der Waals surface area contributed by atoms with E-state index in [1.54, 1.807) is 11.8 Å². The summed E-state index contributed by atoms with van der Waals surface area (Å²) in [6, 6.07) is 17.6. The van der Waals surface area contributed by atoms with Crippen molar-refractivity contribution in [3.05, 3.63) is 70.8 Å². The van der Waals surface area contributed by atoms with E-state index in [9.17, 15) is 9.59 Å². The zero-order chi connectivity index (χ0) is 29.2. The number of nitrogens with one attached hydrogen (secondary N) is 2. The van der Waals surface area contributed by atoms with Crippen molar-refractivity contribution in [1.29, 1.82) is 0 Å². The number of hydrogen-bond acceptors (Lipinski definition) is 6. The predicted octanol–water partition coefficient (Wildman–Crippen LogP) is 7.03. The third kappa shape index (κ3) is 16.6. The Kier molecular flexibility index (Phi) is 18.9. The van der Waals surface area contributed by atoms with E-state index in [2.05, 4.69) is 92.6 Å². The molecule has 0 aromatic heterocycles. The van der Waals surface area contributed by atoms with Crippen molar-refractivity contribution in [2.45, 2.75) is 65.1 Å². The monoisotopic (exact) mass is 608 g/mol. The smallest absolute Gasteiger partial charge is 0.223 e. The molecule has 8 heteroatoms. The van der Waals surface area contributed by atoms with Crippen LogP contribution in [-0.2, 0) is 21.1 Å². The van der Waals surface area contributed by atoms with E-state index in [1.165, 1.54) is 22.3 Å². The number of carbonyl (C=O) groups excluding carboxylic acids is 2. The van der Waals surface area contributed by atoms with Crippen LogP contribution in [-0.4, -0.2) is 53.2 Å². The molecule has 4 atom stereocenters. The second-order valence-electron chi connectivity index (χ2n) is 10.3. The Balaban J connectivity index is 0.000000391. The van der Waals surface area contributed by atoms with E-state index >= 15 is 0 Å². The van der Waals surface area contributed by atoms with Gasteiger partial charge in [-0.3, -0.25) is 9.59 Å². The number of amides is 2. The molecular weight excluding hydrogens is 561 g/mol. The average Bonchev–Trinajstić information content (AvgIpc) is 2.88. The molecule has 0 saturated heterocycles. The number of carbonyl (C=O) groups is 2. The molecule has 0 radical (unpaired) electrons. The summed E-state index contributed by atoms with van der Waals surface area (Å²) in [5.41, 5.74) is 5.29. The van der Waals surface area contributed by atoms with E-state index < -0.39 is 0 Å². The zero-order valence-electron chi connectivity index (χ0n) is 24.7. The Bertz CT molecular complexity index is 989. The fourth-order valence-electron chi connectivity index (χ4n) is 3.57. The van der Waals surface area contributed by atoms with Crippen LogP contribution in [0.3, 0.4) is 0 Å². The number of thiol groups is 1. The highest BCUT2D eigenvalue weighted by atomic mass is 32.2. The first-order valence-electron chi connectivity index (χ1n) is 13.5. The Morgan fingerprint density at radius 1 is 0.744 bits per heavy atom. The Labute approximate surface area is 255 Å². The van der Waals surface area contributed by atoms with Gasteiger partial charge in [-0.25, -0.2) is 0 Å². The van der Waals surface area contributed by atoms with Gasteiger partial charge in [-0.2, -0.15) is 47.9 Å². The molecule has 0 aliphatic heterocycles. The second kappa shape index (κ2) is 20.6. The molecule has 2 rings (SSSR count). The highest BCUT2D eigenvalue weighted by Gasteiger charge is 2.15. The average molecular weight is 609 g/mol. The molecule has 2 amide bonds. The van der Waals surface area contributed by atoms with E-state index in [0.717, 1.165) is 28.8 Å². The summed E-state index contributed by atoms with van der Waals surface area (Å²) in [7, 11) is 0. The highest BCUT2D eigenvalue weighted by molar-refractivity contribution is 7.99. The van der Waals surface area contributed by atoms with Crippen LogP contribution < -0.4 is 10.6 Å². The number of aryl methyl sites for hydroxylation is 2. The van der Waals surface area contributed by atoms with Crippen LogP contribution >= 0.6 is 47.9 Å². The van der Waals surface area contributed by atoms with Crippen LogP contribution in [0, 0.1) is 25.7 Å². The molecule has 4 nitrogen and oxygen atoms in total. The maximum atomic E-state index is 11.9. The van der Waals surface area contributed by atoms with Crippen LogP contribution in [0.5, 0.6) is 0 Å². The lowest BCUT2D eigenvalue weighted by Gasteiger charge is -2.17. The summed E-state index contributed by atoms with van der Waals surface area (Å²) in [5.74, 6) is 5.68. The van der Waals surface area contributed by atoms with Crippen molar-refractivity contribution < 1.29 is 9.59 Å². The van der Waals surface area contributed by atoms with E-state index in [4.69, 9.17) is 0 Å². The zero-order valence-corrected chi connectivity index (χ0v) is 28.0. The van der Waals surface area contributed by atoms with Crippen LogP contribution in [0.25, 0.3) is 0 Å². The molecule has 0 fully saturated rings. The molecule has 2 aromatic carbocycles. The van der Waals surface area contributed by atoms with Crippen molar-refractivity contribution in [1.82, 2.24) is 10.6 Å². The van der Waals surface area contributed by atoms with Crippen LogP contribution in [0.2, 0.25) is 0 Å². The molecule has 0 aliphatic rings. The third-order valence-corrected chi connectivity index (χ3v) is 9.73. The van der Waals surface area contributed by atoms with Gasteiger partial charge in [0.15, 0.2) is 0 Å².